The van der Waals surface area contributed by atoms with Gasteiger partial charge in [0.05, 0.1) is 0 Å². The zero-order chi connectivity index (χ0) is 17.3. The smallest absolute Gasteiger partial charge is 0.246 e. The first-order valence-electron chi connectivity index (χ1n) is 7.42. The molecular formula is C17H16F2N2O2S. The summed E-state index contributed by atoms with van der Waals surface area (Å²) in [5.74, 6) is -0.460. The lowest BCUT2D eigenvalue weighted by Crippen LogP contribution is -2.14. The largest absolute Gasteiger partial charge is 0.255 e. The Morgan fingerprint density at radius 1 is 1.17 bits per heavy atom. The average molecular weight is 350 g/mol. The van der Waals surface area contributed by atoms with Crippen molar-refractivity contribution in [1.29, 1.82) is 0 Å². The number of benzene rings is 1. The van der Waals surface area contributed by atoms with Gasteiger partial charge in [-0.3, -0.25) is 0 Å². The van der Waals surface area contributed by atoms with Crippen LogP contribution in [0.1, 0.15) is 29.9 Å². The Hall–Kier alpha value is -2.12. The maximum atomic E-state index is 13.4. The molecule has 0 aliphatic heterocycles. The van der Waals surface area contributed by atoms with Gasteiger partial charge in [-0.1, -0.05) is 18.2 Å². The van der Waals surface area contributed by atoms with Gasteiger partial charge in [0.2, 0.25) is 0 Å². The number of nitrogens with two attached hydrogens (primary N) is 1. The maximum Gasteiger partial charge on any atom is 0.255 e. The third-order valence-electron chi connectivity index (χ3n) is 4.23. The summed E-state index contributed by atoms with van der Waals surface area (Å²) in [7, 11) is -3.85. The molecule has 2 aromatic rings. The number of rotatable bonds is 4. The molecular weight excluding hydrogens is 334 g/mol. The van der Waals surface area contributed by atoms with Gasteiger partial charge in [-0.25, -0.2) is 27.3 Å². The summed E-state index contributed by atoms with van der Waals surface area (Å²) in [6, 6.07) is 8.93. The van der Waals surface area contributed by atoms with E-state index in [2.05, 4.69) is 4.98 Å². The first-order valence-corrected chi connectivity index (χ1v) is 8.97. The molecule has 0 saturated carbocycles. The van der Waals surface area contributed by atoms with Crippen LogP contribution in [-0.4, -0.2) is 20.1 Å². The summed E-state index contributed by atoms with van der Waals surface area (Å²) in [5.41, 5.74) is 3.05. The van der Waals surface area contributed by atoms with Crippen LogP contribution in [-0.2, 0) is 10.0 Å². The first kappa shape index (κ1) is 16.7. The molecule has 1 aliphatic carbocycles. The zero-order valence-corrected chi connectivity index (χ0v) is 13.6. The van der Waals surface area contributed by atoms with Gasteiger partial charge in [-0.15, -0.1) is 0 Å². The number of alkyl halides is 1. The van der Waals surface area contributed by atoms with E-state index in [4.69, 9.17) is 5.14 Å². The molecule has 0 radical (unpaired) electrons. The van der Waals surface area contributed by atoms with E-state index in [1.165, 1.54) is 24.4 Å². The Kier molecular flexibility index (Phi) is 4.47. The summed E-state index contributed by atoms with van der Waals surface area (Å²) in [6.07, 6.45) is 2.75. The van der Waals surface area contributed by atoms with Crippen LogP contribution in [0.2, 0.25) is 0 Å². The second-order valence-electron chi connectivity index (χ2n) is 5.72. The maximum absolute atomic E-state index is 13.4. The van der Waals surface area contributed by atoms with Crippen molar-refractivity contribution in [3.63, 3.8) is 0 Å². The van der Waals surface area contributed by atoms with Gasteiger partial charge in [0.1, 0.15) is 12.5 Å². The fraction of sp³-hybridized carbons (Fsp3) is 0.235. The van der Waals surface area contributed by atoms with Crippen LogP contribution in [0, 0.1) is 5.82 Å². The number of halogens is 2. The number of allylic oxidation sites excluding steroid dienone is 2. The highest BCUT2D eigenvalue weighted by molar-refractivity contribution is 7.89. The SMILES string of the molecule is NS(=O)(=O)c1ccc(C2CCC(CF)=C2c2ccc(F)cc2)cn1. The first-order chi connectivity index (χ1) is 11.4. The van der Waals surface area contributed by atoms with Crippen LogP contribution in [0.25, 0.3) is 5.57 Å². The molecule has 0 fully saturated rings. The second kappa shape index (κ2) is 6.41. The van der Waals surface area contributed by atoms with Crippen LogP contribution >= 0.6 is 0 Å². The van der Waals surface area contributed by atoms with Crippen molar-refractivity contribution in [2.24, 2.45) is 5.14 Å². The summed E-state index contributed by atoms with van der Waals surface area (Å²) in [6.45, 7) is -0.564. The highest BCUT2D eigenvalue weighted by Gasteiger charge is 2.28. The molecule has 3 rings (SSSR count). The van der Waals surface area contributed by atoms with Crippen LogP contribution in [0.4, 0.5) is 8.78 Å². The van der Waals surface area contributed by atoms with Crippen molar-refractivity contribution < 1.29 is 17.2 Å². The zero-order valence-electron chi connectivity index (χ0n) is 12.7. The van der Waals surface area contributed by atoms with Gasteiger partial charge >= 0.3 is 0 Å². The van der Waals surface area contributed by atoms with E-state index in [0.29, 0.717) is 18.4 Å². The van der Waals surface area contributed by atoms with Crippen molar-refractivity contribution >= 4 is 15.6 Å². The van der Waals surface area contributed by atoms with Gasteiger partial charge in [0, 0.05) is 12.1 Å². The summed E-state index contributed by atoms with van der Waals surface area (Å²) in [4.78, 5) is 3.90. The lowest BCUT2D eigenvalue weighted by molar-refractivity contribution is 0.535. The minimum atomic E-state index is -3.85. The Labute approximate surface area is 139 Å². The molecule has 0 bridgehead atoms. The molecule has 7 heteroatoms. The Bertz CT molecular complexity index is 876. The lowest BCUT2D eigenvalue weighted by atomic mass is 9.88. The van der Waals surface area contributed by atoms with E-state index in [-0.39, 0.29) is 16.8 Å². The summed E-state index contributed by atoms with van der Waals surface area (Å²) < 4.78 is 49.1. The Balaban J connectivity index is 2.01. The molecule has 0 amide bonds. The fourth-order valence-corrected chi connectivity index (χ4v) is 3.57. The minimum Gasteiger partial charge on any atom is -0.246 e. The normalized spacial score (nSPS) is 18.2. The standard InChI is InChI=1S/C17H16F2N2O2S/c18-9-12-3-7-15(17(12)11-1-5-14(19)6-2-11)13-4-8-16(21-10-13)24(20,22)23/h1-2,4-6,8,10,15H,3,7,9H2,(H2,20,22,23). The predicted octanol–water partition coefficient (Wildman–Crippen LogP) is 3.17. The quantitative estimate of drug-likeness (QED) is 0.920. The predicted molar refractivity (Wildman–Crippen MR) is 86.9 cm³/mol. The monoisotopic (exact) mass is 350 g/mol. The third kappa shape index (κ3) is 3.22. The van der Waals surface area contributed by atoms with Crippen molar-refractivity contribution in [3.8, 4) is 0 Å². The number of pyridine rings is 1. The Morgan fingerprint density at radius 2 is 1.88 bits per heavy atom. The minimum absolute atomic E-state index is 0.108. The van der Waals surface area contributed by atoms with Crippen molar-refractivity contribution in [3.05, 3.63) is 65.1 Å². The van der Waals surface area contributed by atoms with E-state index in [1.807, 2.05) is 0 Å². The number of sulfonamides is 1. The lowest BCUT2D eigenvalue weighted by Gasteiger charge is -2.16. The summed E-state index contributed by atoms with van der Waals surface area (Å²) >= 11 is 0. The van der Waals surface area contributed by atoms with Gasteiger partial charge in [-0.2, -0.15) is 0 Å². The van der Waals surface area contributed by atoms with E-state index in [9.17, 15) is 17.2 Å². The molecule has 1 heterocycles. The molecule has 0 saturated heterocycles. The molecule has 1 aromatic carbocycles. The van der Waals surface area contributed by atoms with Gasteiger partial charge in [0.25, 0.3) is 10.0 Å². The van der Waals surface area contributed by atoms with Crippen LogP contribution in [0.5, 0.6) is 0 Å². The van der Waals surface area contributed by atoms with E-state index >= 15 is 0 Å². The van der Waals surface area contributed by atoms with Crippen molar-refractivity contribution in [2.75, 3.05) is 6.67 Å². The van der Waals surface area contributed by atoms with Gasteiger partial charge in [0.15, 0.2) is 5.03 Å². The number of aromatic nitrogens is 1. The van der Waals surface area contributed by atoms with E-state index in [1.54, 1.807) is 18.2 Å². The second-order valence-corrected chi connectivity index (χ2v) is 7.23. The van der Waals surface area contributed by atoms with Crippen LogP contribution in [0.15, 0.2) is 53.2 Å². The van der Waals surface area contributed by atoms with Crippen molar-refractivity contribution in [2.45, 2.75) is 23.8 Å². The topological polar surface area (TPSA) is 73.1 Å². The Morgan fingerprint density at radius 3 is 2.42 bits per heavy atom. The number of primary sulfonamides is 1. The fourth-order valence-electron chi connectivity index (χ4n) is 3.12. The molecule has 2 N–H and O–H groups in total. The molecule has 1 atom stereocenters. The van der Waals surface area contributed by atoms with E-state index in [0.717, 1.165) is 16.7 Å². The van der Waals surface area contributed by atoms with Crippen LogP contribution in [0.3, 0.4) is 0 Å². The molecule has 24 heavy (non-hydrogen) atoms. The number of hydrogen-bond acceptors (Lipinski definition) is 3. The molecule has 1 aromatic heterocycles. The summed E-state index contributed by atoms with van der Waals surface area (Å²) in [5, 5.41) is 4.85. The highest BCUT2D eigenvalue weighted by Crippen LogP contribution is 2.45. The van der Waals surface area contributed by atoms with E-state index < -0.39 is 16.7 Å². The number of hydrogen-bond donors (Lipinski definition) is 1. The highest BCUT2D eigenvalue weighted by atomic mass is 32.2. The number of nitrogens with zero attached hydrogens (tertiary/aromatic N) is 1. The molecule has 126 valence electrons. The van der Waals surface area contributed by atoms with Gasteiger partial charge < -0.3 is 0 Å². The molecule has 1 aliphatic rings. The molecule has 0 spiro atoms. The van der Waals surface area contributed by atoms with Gasteiger partial charge in [-0.05, 0) is 53.3 Å². The molecule has 4 nitrogen and oxygen atoms in total. The van der Waals surface area contributed by atoms with Crippen molar-refractivity contribution in [1.82, 2.24) is 4.98 Å². The van der Waals surface area contributed by atoms with Crippen LogP contribution < -0.4 is 5.14 Å². The molecule has 1 unspecified atom stereocenters. The third-order valence-corrected chi connectivity index (χ3v) is 5.06. The average Bonchev–Trinajstić information content (AvgIpc) is 2.99.